The highest BCUT2D eigenvalue weighted by Gasteiger charge is 2.52. The van der Waals surface area contributed by atoms with Crippen LogP contribution in [0.15, 0.2) is 249 Å². The van der Waals surface area contributed by atoms with E-state index < -0.39 is 5.41 Å². The van der Waals surface area contributed by atoms with Crippen molar-refractivity contribution in [2.75, 3.05) is 4.90 Å². The molecule has 0 saturated heterocycles. The molecule has 0 amide bonds. The van der Waals surface area contributed by atoms with Crippen molar-refractivity contribution in [3.63, 3.8) is 0 Å². The normalized spacial score (nSPS) is 13.1. The molecular formula is C65H41N3. The van der Waals surface area contributed by atoms with Gasteiger partial charge in [0.25, 0.3) is 0 Å². The maximum atomic E-state index is 5.45. The average Bonchev–Trinajstić information content (AvgIpc) is 3.71. The molecule has 0 atom stereocenters. The number of para-hydroxylation sites is 3. The SMILES string of the molecule is c1ccc(-c2cc(-c3ccc4c5ccccc5c5ccccc5c4c3)nc(-c3cccc(-c4cccc5c4N(c4ccccc4)c4ccccc4C54c5ccccc5-c5ccccc54)c3)n2)cc1. The smallest absolute Gasteiger partial charge is 0.160 e. The first-order chi connectivity index (χ1) is 33.7. The molecule has 2 heterocycles. The predicted molar refractivity (Wildman–Crippen MR) is 282 cm³/mol. The molecule has 14 rings (SSSR count). The standard InChI is InChI=1S/C65H41N3/c1-3-19-42(20-4-1)60-41-61(44-37-38-52-50-27-8-7-25-48(50)49-26-9-10-28-51(49)55(52)40-44)67-64(66-60)45-22-17-21-43(39-45)47-31-18-35-59-63(47)68(46-23-5-2-6-24-46)62-36-16-15-34-58(62)65(59)56-32-13-11-29-53(56)54-30-12-14-33-57(54)65/h1-41H. The van der Waals surface area contributed by atoms with Crippen LogP contribution in [0.1, 0.15) is 22.3 Å². The number of nitrogens with zero attached hydrogens (tertiary/aromatic N) is 3. The monoisotopic (exact) mass is 863 g/mol. The summed E-state index contributed by atoms with van der Waals surface area (Å²) in [6.45, 7) is 0. The van der Waals surface area contributed by atoms with E-state index in [0.29, 0.717) is 5.82 Å². The third kappa shape index (κ3) is 5.60. The van der Waals surface area contributed by atoms with Crippen molar-refractivity contribution in [1.82, 2.24) is 9.97 Å². The highest BCUT2D eigenvalue weighted by Crippen LogP contribution is 2.64. The van der Waals surface area contributed by atoms with Crippen LogP contribution in [-0.2, 0) is 5.41 Å². The maximum absolute atomic E-state index is 5.45. The van der Waals surface area contributed by atoms with Crippen LogP contribution in [0.2, 0.25) is 0 Å². The molecule has 3 heteroatoms. The highest BCUT2D eigenvalue weighted by molar-refractivity contribution is 6.25. The minimum atomic E-state index is -0.544. The van der Waals surface area contributed by atoms with Gasteiger partial charge in [-0.1, -0.05) is 212 Å². The van der Waals surface area contributed by atoms with E-state index >= 15 is 0 Å². The Hall–Kier alpha value is -8.92. The first kappa shape index (κ1) is 38.4. The lowest BCUT2D eigenvalue weighted by Crippen LogP contribution is -2.36. The summed E-state index contributed by atoms with van der Waals surface area (Å²) in [5, 5.41) is 7.45. The Morgan fingerprint density at radius 1 is 0.294 bits per heavy atom. The van der Waals surface area contributed by atoms with Gasteiger partial charge < -0.3 is 4.90 Å². The first-order valence-electron chi connectivity index (χ1n) is 23.4. The van der Waals surface area contributed by atoms with Gasteiger partial charge in [-0.05, 0) is 108 Å². The van der Waals surface area contributed by atoms with Gasteiger partial charge in [0.2, 0.25) is 0 Å². The molecule has 0 N–H and O–H groups in total. The van der Waals surface area contributed by atoms with Crippen LogP contribution in [0, 0.1) is 0 Å². The third-order valence-electron chi connectivity index (χ3n) is 14.4. The zero-order chi connectivity index (χ0) is 44.8. The topological polar surface area (TPSA) is 29.0 Å². The Balaban J connectivity index is 0.992. The van der Waals surface area contributed by atoms with E-state index in [4.69, 9.17) is 9.97 Å². The van der Waals surface area contributed by atoms with E-state index in [0.717, 1.165) is 50.6 Å². The van der Waals surface area contributed by atoms with Crippen LogP contribution in [-0.4, -0.2) is 9.97 Å². The molecule has 1 aliphatic carbocycles. The molecule has 1 spiro atoms. The summed E-state index contributed by atoms with van der Waals surface area (Å²) in [5.41, 5.74) is 17.6. The second-order valence-electron chi connectivity index (χ2n) is 18.0. The summed E-state index contributed by atoms with van der Waals surface area (Å²) in [6, 6.07) is 90.5. The van der Waals surface area contributed by atoms with Crippen LogP contribution in [0.4, 0.5) is 17.1 Å². The molecule has 3 nitrogen and oxygen atoms in total. The Morgan fingerprint density at radius 2 is 0.779 bits per heavy atom. The minimum Gasteiger partial charge on any atom is -0.309 e. The molecule has 11 aromatic carbocycles. The highest BCUT2D eigenvalue weighted by atomic mass is 15.2. The van der Waals surface area contributed by atoms with Crippen LogP contribution in [0.25, 0.3) is 88.5 Å². The Morgan fingerprint density at radius 3 is 1.47 bits per heavy atom. The van der Waals surface area contributed by atoms with E-state index in [9.17, 15) is 0 Å². The van der Waals surface area contributed by atoms with Crippen molar-refractivity contribution >= 4 is 49.4 Å². The predicted octanol–water partition coefficient (Wildman–Crippen LogP) is 16.8. The van der Waals surface area contributed by atoms with Crippen molar-refractivity contribution in [1.29, 1.82) is 0 Å². The van der Waals surface area contributed by atoms with Crippen molar-refractivity contribution in [3.05, 3.63) is 271 Å². The molecule has 316 valence electrons. The summed E-state index contributed by atoms with van der Waals surface area (Å²) < 4.78 is 0. The van der Waals surface area contributed by atoms with Gasteiger partial charge in [0.05, 0.1) is 28.2 Å². The van der Waals surface area contributed by atoms with Crippen molar-refractivity contribution < 1.29 is 0 Å². The maximum Gasteiger partial charge on any atom is 0.160 e. The van der Waals surface area contributed by atoms with Crippen LogP contribution in [0.5, 0.6) is 0 Å². The summed E-state index contributed by atoms with van der Waals surface area (Å²) in [6.07, 6.45) is 0. The van der Waals surface area contributed by atoms with Crippen molar-refractivity contribution in [3.8, 4) is 56.2 Å². The molecule has 2 aliphatic rings. The minimum absolute atomic E-state index is 0.544. The zero-order valence-corrected chi connectivity index (χ0v) is 37.0. The van der Waals surface area contributed by atoms with Crippen molar-refractivity contribution in [2.24, 2.45) is 0 Å². The van der Waals surface area contributed by atoms with Crippen molar-refractivity contribution in [2.45, 2.75) is 5.41 Å². The Bertz CT molecular complexity index is 3910. The quantitative estimate of drug-likeness (QED) is 0.161. The van der Waals surface area contributed by atoms with Gasteiger partial charge in [-0.3, -0.25) is 0 Å². The molecule has 68 heavy (non-hydrogen) atoms. The molecule has 0 unspecified atom stereocenters. The van der Waals surface area contributed by atoms with E-state index in [1.165, 1.54) is 71.4 Å². The number of benzene rings is 11. The zero-order valence-electron chi connectivity index (χ0n) is 37.0. The third-order valence-corrected chi connectivity index (χ3v) is 14.4. The molecule has 0 fully saturated rings. The molecule has 1 aromatic heterocycles. The van der Waals surface area contributed by atoms with Gasteiger partial charge in [0.1, 0.15) is 0 Å². The van der Waals surface area contributed by atoms with Gasteiger partial charge in [0.15, 0.2) is 5.82 Å². The fourth-order valence-corrected chi connectivity index (χ4v) is 11.6. The summed E-state index contributed by atoms with van der Waals surface area (Å²) in [4.78, 5) is 13.3. The van der Waals surface area contributed by atoms with Gasteiger partial charge in [0, 0.05) is 27.9 Å². The number of fused-ring (bicyclic) bond motifs is 15. The lowest BCUT2D eigenvalue weighted by Gasteiger charge is -2.46. The number of hydrogen-bond acceptors (Lipinski definition) is 3. The second kappa shape index (κ2) is 15.1. The van der Waals surface area contributed by atoms with Crippen LogP contribution < -0.4 is 4.90 Å². The van der Waals surface area contributed by atoms with Crippen LogP contribution >= 0.6 is 0 Å². The van der Waals surface area contributed by atoms with E-state index in [1.807, 2.05) is 0 Å². The van der Waals surface area contributed by atoms with Gasteiger partial charge >= 0.3 is 0 Å². The lowest BCUT2D eigenvalue weighted by molar-refractivity contribution is 0.753. The number of hydrogen-bond donors (Lipinski definition) is 0. The lowest BCUT2D eigenvalue weighted by atomic mass is 9.64. The number of rotatable bonds is 5. The Kier molecular flexibility index (Phi) is 8.50. The van der Waals surface area contributed by atoms with Crippen LogP contribution in [0.3, 0.4) is 0 Å². The number of aromatic nitrogens is 2. The van der Waals surface area contributed by atoms with Gasteiger partial charge in [-0.25, -0.2) is 9.97 Å². The molecule has 0 saturated carbocycles. The summed E-state index contributed by atoms with van der Waals surface area (Å²) >= 11 is 0. The molecule has 0 bridgehead atoms. The van der Waals surface area contributed by atoms with E-state index in [2.05, 4.69) is 254 Å². The van der Waals surface area contributed by atoms with E-state index in [-0.39, 0.29) is 0 Å². The fraction of sp³-hybridized carbons (Fsp3) is 0.0154. The molecule has 12 aromatic rings. The molecule has 0 radical (unpaired) electrons. The van der Waals surface area contributed by atoms with Gasteiger partial charge in [-0.15, -0.1) is 0 Å². The average molecular weight is 864 g/mol. The summed E-state index contributed by atoms with van der Waals surface area (Å²) in [7, 11) is 0. The second-order valence-corrected chi connectivity index (χ2v) is 18.0. The Labute approximate surface area is 394 Å². The number of anilines is 3. The molecular weight excluding hydrogens is 823 g/mol. The van der Waals surface area contributed by atoms with E-state index in [1.54, 1.807) is 0 Å². The first-order valence-corrected chi connectivity index (χ1v) is 23.4. The largest absolute Gasteiger partial charge is 0.309 e. The van der Waals surface area contributed by atoms with Gasteiger partial charge in [-0.2, -0.15) is 0 Å². The summed E-state index contributed by atoms with van der Waals surface area (Å²) in [5.74, 6) is 0.678. The fourth-order valence-electron chi connectivity index (χ4n) is 11.6. The molecule has 1 aliphatic heterocycles.